The molecule has 0 aliphatic heterocycles. The van der Waals surface area contributed by atoms with Gasteiger partial charge in [-0.3, -0.25) is 4.79 Å². The number of hydrogen-bond acceptors (Lipinski definition) is 4. The van der Waals surface area contributed by atoms with Gasteiger partial charge in [-0.2, -0.15) is 5.10 Å². The first-order valence-electron chi connectivity index (χ1n) is 6.65. The van der Waals surface area contributed by atoms with Crippen LogP contribution in [-0.2, 0) is 0 Å². The number of nitrogens with zero attached hydrogens (tertiary/aromatic N) is 3. The SMILES string of the molecule is Cc1ccnnc1C(=O)Nc1cccc(NC(=O)N(C)C)c1. The Bertz CT molecular complexity index is 700. The lowest BCUT2D eigenvalue weighted by molar-refractivity contribution is 0.102. The van der Waals surface area contributed by atoms with E-state index >= 15 is 0 Å². The number of anilines is 2. The van der Waals surface area contributed by atoms with Crippen molar-refractivity contribution in [1.29, 1.82) is 0 Å². The van der Waals surface area contributed by atoms with Gasteiger partial charge in [0, 0.05) is 31.7 Å². The van der Waals surface area contributed by atoms with Crippen LogP contribution in [0.25, 0.3) is 0 Å². The first kappa shape index (κ1) is 15.4. The van der Waals surface area contributed by atoms with Crippen LogP contribution < -0.4 is 10.6 Å². The molecular formula is C15H17N5O2. The minimum atomic E-state index is -0.346. The summed E-state index contributed by atoms with van der Waals surface area (Å²) in [5, 5.41) is 13.0. The number of hydrogen-bond donors (Lipinski definition) is 2. The molecule has 0 unspecified atom stereocenters. The molecule has 0 aliphatic rings. The molecule has 0 fully saturated rings. The van der Waals surface area contributed by atoms with Crippen LogP contribution in [0.15, 0.2) is 36.5 Å². The van der Waals surface area contributed by atoms with Gasteiger partial charge in [0.1, 0.15) is 0 Å². The molecule has 1 aromatic heterocycles. The lowest BCUT2D eigenvalue weighted by atomic mass is 10.2. The number of carbonyl (C=O) groups excluding carboxylic acids is 2. The second kappa shape index (κ2) is 6.66. The summed E-state index contributed by atoms with van der Waals surface area (Å²) in [4.78, 5) is 25.2. The van der Waals surface area contributed by atoms with Gasteiger partial charge in [0.05, 0.1) is 0 Å². The average Bonchev–Trinajstić information content (AvgIpc) is 2.47. The topological polar surface area (TPSA) is 87.2 Å². The number of carbonyl (C=O) groups is 2. The Balaban J connectivity index is 2.12. The van der Waals surface area contributed by atoms with Gasteiger partial charge in [-0.1, -0.05) is 6.07 Å². The van der Waals surface area contributed by atoms with E-state index < -0.39 is 0 Å². The van der Waals surface area contributed by atoms with E-state index in [4.69, 9.17) is 0 Å². The van der Waals surface area contributed by atoms with Crippen molar-refractivity contribution >= 4 is 23.3 Å². The molecule has 3 amide bonds. The molecule has 2 aromatic rings. The minimum absolute atomic E-state index is 0.242. The molecule has 0 spiro atoms. The smallest absolute Gasteiger partial charge is 0.321 e. The average molecular weight is 299 g/mol. The highest BCUT2D eigenvalue weighted by Gasteiger charge is 2.12. The van der Waals surface area contributed by atoms with Crippen LogP contribution in [0.2, 0.25) is 0 Å². The summed E-state index contributed by atoms with van der Waals surface area (Å²) < 4.78 is 0. The summed E-state index contributed by atoms with van der Waals surface area (Å²) in [7, 11) is 3.30. The number of benzene rings is 1. The molecule has 0 saturated heterocycles. The molecule has 0 radical (unpaired) electrons. The van der Waals surface area contributed by atoms with Crippen molar-refractivity contribution in [3.05, 3.63) is 47.8 Å². The lowest BCUT2D eigenvalue weighted by Crippen LogP contribution is -2.27. The standard InChI is InChI=1S/C15H17N5O2/c1-10-7-8-16-19-13(10)14(21)17-11-5-4-6-12(9-11)18-15(22)20(2)3/h4-9H,1-3H3,(H,17,21)(H,18,22). The second-order valence-corrected chi connectivity index (χ2v) is 4.92. The predicted octanol–water partition coefficient (Wildman–Crippen LogP) is 2.13. The first-order valence-corrected chi connectivity index (χ1v) is 6.65. The van der Waals surface area contributed by atoms with Gasteiger partial charge in [0.2, 0.25) is 0 Å². The van der Waals surface area contributed by atoms with Crippen LogP contribution in [0.3, 0.4) is 0 Å². The third kappa shape index (κ3) is 3.78. The van der Waals surface area contributed by atoms with E-state index in [0.717, 1.165) is 5.56 Å². The third-order valence-electron chi connectivity index (χ3n) is 2.92. The highest BCUT2D eigenvalue weighted by atomic mass is 16.2. The number of nitrogens with one attached hydrogen (secondary N) is 2. The van der Waals surface area contributed by atoms with Crippen molar-refractivity contribution in [2.24, 2.45) is 0 Å². The van der Waals surface area contributed by atoms with E-state index in [1.54, 1.807) is 51.4 Å². The van der Waals surface area contributed by atoms with E-state index in [9.17, 15) is 9.59 Å². The molecule has 2 N–H and O–H groups in total. The normalized spacial score (nSPS) is 9.95. The van der Waals surface area contributed by atoms with E-state index in [0.29, 0.717) is 11.4 Å². The van der Waals surface area contributed by atoms with Gasteiger partial charge >= 0.3 is 6.03 Å². The van der Waals surface area contributed by atoms with Crippen molar-refractivity contribution in [3.63, 3.8) is 0 Å². The van der Waals surface area contributed by atoms with Crippen LogP contribution in [0.1, 0.15) is 16.1 Å². The lowest BCUT2D eigenvalue weighted by Gasteiger charge is -2.13. The molecule has 7 nitrogen and oxygen atoms in total. The summed E-state index contributed by atoms with van der Waals surface area (Å²) >= 11 is 0. The highest BCUT2D eigenvalue weighted by molar-refractivity contribution is 6.04. The fourth-order valence-electron chi connectivity index (χ4n) is 1.72. The fraction of sp³-hybridized carbons (Fsp3) is 0.200. The minimum Gasteiger partial charge on any atom is -0.331 e. The molecule has 2 rings (SSSR count). The first-order chi connectivity index (χ1) is 10.5. The zero-order chi connectivity index (χ0) is 16.1. The molecule has 114 valence electrons. The maximum Gasteiger partial charge on any atom is 0.321 e. The van der Waals surface area contributed by atoms with E-state index in [1.807, 2.05) is 0 Å². The Morgan fingerprint density at radius 2 is 1.77 bits per heavy atom. The van der Waals surface area contributed by atoms with Crippen LogP contribution in [-0.4, -0.2) is 41.1 Å². The summed E-state index contributed by atoms with van der Waals surface area (Å²) in [6, 6.07) is 8.36. The third-order valence-corrected chi connectivity index (χ3v) is 2.92. The van der Waals surface area contributed by atoms with Crippen molar-refractivity contribution < 1.29 is 9.59 Å². The zero-order valence-corrected chi connectivity index (χ0v) is 12.6. The van der Waals surface area contributed by atoms with Crippen molar-refractivity contribution in [3.8, 4) is 0 Å². The number of rotatable bonds is 3. The van der Waals surface area contributed by atoms with Gasteiger partial charge in [-0.05, 0) is 36.8 Å². The second-order valence-electron chi connectivity index (χ2n) is 4.92. The molecule has 0 aliphatic carbocycles. The highest BCUT2D eigenvalue weighted by Crippen LogP contribution is 2.16. The Labute approximate surface area is 128 Å². The van der Waals surface area contributed by atoms with Crippen LogP contribution in [0, 0.1) is 6.92 Å². The van der Waals surface area contributed by atoms with Crippen LogP contribution in [0.5, 0.6) is 0 Å². The van der Waals surface area contributed by atoms with E-state index in [-0.39, 0.29) is 17.6 Å². The Hall–Kier alpha value is -2.96. The van der Waals surface area contributed by atoms with E-state index in [2.05, 4.69) is 20.8 Å². The summed E-state index contributed by atoms with van der Waals surface area (Å²) in [5.41, 5.74) is 2.16. The Morgan fingerprint density at radius 3 is 2.41 bits per heavy atom. The van der Waals surface area contributed by atoms with Gasteiger partial charge in [-0.15, -0.1) is 5.10 Å². The number of aromatic nitrogens is 2. The van der Waals surface area contributed by atoms with E-state index in [1.165, 1.54) is 11.1 Å². The summed E-state index contributed by atoms with van der Waals surface area (Å²) in [6.45, 7) is 1.79. The maximum absolute atomic E-state index is 12.2. The van der Waals surface area contributed by atoms with Gasteiger partial charge in [0.25, 0.3) is 5.91 Å². The monoisotopic (exact) mass is 299 g/mol. The Kier molecular flexibility index (Phi) is 4.67. The number of amides is 3. The van der Waals surface area contributed by atoms with Crippen LogP contribution >= 0.6 is 0 Å². The quantitative estimate of drug-likeness (QED) is 0.909. The molecule has 7 heteroatoms. The van der Waals surface area contributed by atoms with Gasteiger partial charge in [-0.25, -0.2) is 4.79 Å². The van der Waals surface area contributed by atoms with Crippen molar-refractivity contribution in [2.45, 2.75) is 6.92 Å². The molecule has 22 heavy (non-hydrogen) atoms. The fourth-order valence-corrected chi connectivity index (χ4v) is 1.72. The molecule has 0 atom stereocenters. The van der Waals surface area contributed by atoms with Crippen molar-refractivity contribution in [1.82, 2.24) is 15.1 Å². The molecule has 0 bridgehead atoms. The van der Waals surface area contributed by atoms with Gasteiger partial charge in [0.15, 0.2) is 5.69 Å². The number of urea groups is 1. The zero-order valence-electron chi connectivity index (χ0n) is 12.6. The van der Waals surface area contributed by atoms with Crippen molar-refractivity contribution in [2.75, 3.05) is 24.7 Å². The Morgan fingerprint density at radius 1 is 1.09 bits per heavy atom. The summed E-state index contributed by atoms with van der Waals surface area (Å²) in [6.07, 6.45) is 1.53. The molecule has 1 heterocycles. The molecular weight excluding hydrogens is 282 g/mol. The predicted molar refractivity (Wildman–Crippen MR) is 83.9 cm³/mol. The maximum atomic E-state index is 12.2. The summed E-state index contributed by atoms with van der Waals surface area (Å²) in [5.74, 6) is -0.346. The number of aryl methyl sites for hydroxylation is 1. The van der Waals surface area contributed by atoms with Gasteiger partial charge < -0.3 is 15.5 Å². The largest absolute Gasteiger partial charge is 0.331 e. The van der Waals surface area contributed by atoms with Crippen LogP contribution in [0.4, 0.5) is 16.2 Å². The molecule has 1 aromatic carbocycles. The molecule has 0 saturated carbocycles.